The molecule has 0 radical (unpaired) electrons. The van der Waals surface area contributed by atoms with Gasteiger partial charge in [0.05, 0.1) is 22.5 Å². The van der Waals surface area contributed by atoms with E-state index in [0.29, 0.717) is 29.5 Å². The van der Waals surface area contributed by atoms with Gasteiger partial charge in [0.1, 0.15) is 0 Å². The van der Waals surface area contributed by atoms with Crippen LogP contribution in [-0.2, 0) is 14.8 Å². The maximum absolute atomic E-state index is 12.6. The lowest BCUT2D eigenvalue weighted by molar-refractivity contribution is -0.0581. The number of ether oxygens (including phenoxy) is 1. The molecular weight excluding hydrogens is 362 g/mol. The fourth-order valence-electron chi connectivity index (χ4n) is 3.73. The highest BCUT2D eigenvalue weighted by molar-refractivity contribution is 7.89. The maximum atomic E-state index is 12.6. The Kier molecular flexibility index (Phi) is 4.61. The van der Waals surface area contributed by atoms with Gasteiger partial charge in [-0.3, -0.25) is 9.69 Å². The normalized spacial score (nSPS) is 30.2. The van der Waals surface area contributed by atoms with Crippen molar-refractivity contribution in [3.63, 3.8) is 0 Å². The first-order chi connectivity index (χ1) is 12.0. The molecule has 7 nitrogen and oxygen atoms in total. The van der Waals surface area contributed by atoms with Crippen molar-refractivity contribution in [1.29, 1.82) is 0 Å². The molecule has 2 saturated heterocycles. The Balaban J connectivity index is 1.40. The van der Waals surface area contributed by atoms with Crippen molar-refractivity contribution in [1.82, 2.24) is 14.9 Å². The fourth-order valence-corrected chi connectivity index (χ4v) is 6.19. The second-order valence-electron chi connectivity index (χ2n) is 7.10. The molecule has 0 unspecified atom stereocenters. The van der Waals surface area contributed by atoms with Crippen molar-refractivity contribution in [2.75, 3.05) is 26.7 Å². The minimum absolute atomic E-state index is 0.111. The minimum Gasteiger partial charge on any atom is -0.375 e. The van der Waals surface area contributed by atoms with Gasteiger partial charge in [-0.2, -0.15) is 0 Å². The van der Waals surface area contributed by atoms with Crippen molar-refractivity contribution >= 4 is 27.3 Å². The van der Waals surface area contributed by atoms with Crippen molar-refractivity contribution in [3.8, 4) is 0 Å². The zero-order chi connectivity index (χ0) is 17.6. The molecule has 1 saturated carbocycles. The number of fused-ring (bicyclic) bond motifs is 1. The molecule has 3 heterocycles. The van der Waals surface area contributed by atoms with Gasteiger partial charge in [-0.15, -0.1) is 11.3 Å². The summed E-state index contributed by atoms with van der Waals surface area (Å²) in [6, 6.07) is 1.62. The van der Waals surface area contributed by atoms with Crippen LogP contribution in [0.15, 0.2) is 16.3 Å². The van der Waals surface area contributed by atoms with Crippen molar-refractivity contribution in [3.05, 3.63) is 16.3 Å². The summed E-state index contributed by atoms with van der Waals surface area (Å²) in [5.74, 6) is 0.429. The molecule has 3 atom stereocenters. The minimum atomic E-state index is -3.61. The lowest BCUT2D eigenvalue weighted by Crippen LogP contribution is -2.47. The Morgan fingerprint density at radius 3 is 2.88 bits per heavy atom. The summed E-state index contributed by atoms with van der Waals surface area (Å²) in [6.07, 6.45) is 3.60. The monoisotopic (exact) mass is 385 g/mol. The average molecular weight is 386 g/mol. The Bertz CT molecular complexity index is 759. The summed E-state index contributed by atoms with van der Waals surface area (Å²) in [5, 5.41) is 4.02. The zero-order valence-corrected chi connectivity index (χ0v) is 15.7. The average Bonchev–Trinajstić information content (AvgIpc) is 3.16. The van der Waals surface area contributed by atoms with Gasteiger partial charge >= 0.3 is 0 Å². The molecule has 1 aromatic heterocycles. The summed E-state index contributed by atoms with van der Waals surface area (Å²) >= 11 is 1.14. The van der Waals surface area contributed by atoms with E-state index in [1.165, 1.54) is 31.3 Å². The molecule has 3 fully saturated rings. The van der Waals surface area contributed by atoms with Crippen LogP contribution in [0, 0.1) is 5.92 Å². The Hall–Kier alpha value is -1.00. The predicted molar refractivity (Wildman–Crippen MR) is 94.3 cm³/mol. The van der Waals surface area contributed by atoms with E-state index in [1.807, 2.05) is 0 Å². The van der Waals surface area contributed by atoms with Gasteiger partial charge in [0.2, 0.25) is 10.0 Å². The standard InChI is InChI=1S/C16H23N3O4S2/c1-17-16(20)15-5-13(9-24-15)25(21,22)18-11-4-12-8-23-14(10-2-3-10)7-19(12)6-11/h5,9-12,14,18H,2-4,6-8H2,1H3,(H,17,20)/t11-,12+,14-/m1/s1. The highest BCUT2D eigenvalue weighted by atomic mass is 32.2. The highest BCUT2D eigenvalue weighted by Gasteiger charge is 2.43. The molecule has 1 aromatic rings. The highest BCUT2D eigenvalue weighted by Crippen LogP contribution is 2.38. The molecule has 25 heavy (non-hydrogen) atoms. The van der Waals surface area contributed by atoms with Crippen LogP contribution in [0.25, 0.3) is 0 Å². The van der Waals surface area contributed by atoms with E-state index in [4.69, 9.17) is 4.74 Å². The molecule has 0 spiro atoms. The fraction of sp³-hybridized carbons (Fsp3) is 0.688. The lowest BCUT2D eigenvalue weighted by Gasteiger charge is -2.35. The zero-order valence-electron chi connectivity index (χ0n) is 14.1. The summed E-state index contributed by atoms with van der Waals surface area (Å²) in [7, 11) is -2.08. The van der Waals surface area contributed by atoms with Crippen molar-refractivity contribution in [2.24, 2.45) is 5.92 Å². The van der Waals surface area contributed by atoms with Gasteiger partial charge in [-0.25, -0.2) is 13.1 Å². The lowest BCUT2D eigenvalue weighted by atomic mass is 10.1. The first-order valence-corrected chi connectivity index (χ1v) is 11.0. The third-order valence-corrected chi connectivity index (χ3v) is 7.83. The number of sulfonamides is 1. The Morgan fingerprint density at radius 2 is 2.16 bits per heavy atom. The number of carbonyl (C=O) groups excluding carboxylic acids is 1. The van der Waals surface area contributed by atoms with Crippen LogP contribution in [0.1, 0.15) is 28.9 Å². The van der Waals surface area contributed by atoms with E-state index in [1.54, 1.807) is 0 Å². The van der Waals surface area contributed by atoms with Crippen LogP contribution in [0.3, 0.4) is 0 Å². The van der Waals surface area contributed by atoms with Gasteiger partial charge in [0.15, 0.2) is 0 Å². The molecule has 0 bridgehead atoms. The Morgan fingerprint density at radius 1 is 1.36 bits per heavy atom. The SMILES string of the molecule is CNC(=O)c1cc(S(=O)(=O)N[C@@H]2C[C@H]3CO[C@@H](C4CC4)CN3C2)cs1. The summed E-state index contributed by atoms with van der Waals surface area (Å²) in [6.45, 7) is 2.33. The number of nitrogens with zero attached hydrogens (tertiary/aromatic N) is 1. The van der Waals surface area contributed by atoms with E-state index in [-0.39, 0.29) is 16.8 Å². The number of thiophene rings is 1. The van der Waals surface area contributed by atoms with E-state index in [2.05, 4.69) is 14.9 Å². The van der Waals surface area contributed by atoms with Crippen LogP contribution < -0.4 is 10.0 Å². The van der Waals surface area contributed by atoms with Gasteiger partial charge in [0.25, 0.3) is 5.91 Å². The number of morpholine rings is 1. The van der Waals surface area contributed by atoms with E-state index in [9.17, 15) is 13.2 Å². The summed E-state index contributed by atoms with van der Waals surface area (Å²) < 4.78 is 34.0. The first kappa shape index (κ1) is 17.4. The van der Waals surface area contributed by atoms with Gasteiger partial charge in [-0.1, -0.05) is 0 Å². The summed E-state index contributed by atoms with van der Waals surface area (Å²) in [4.78, 5) is 14.5. The number of nitrogens with one attached hydrogen (secondary N) is 2. The van der Waals surface area contributed by atoms with Crippen LogP contribution in [0.5, 0.6) is 0 Å². The van der Waals surface area contributed by atoms with Gasteiger partial charge < -0.3 is 10.1 Å². The van der Waals surface area contributed by atoms with E-state index >= 15 is 0 Å². The number of hydrogen-bond donors (Lipinski definition) is 2. The molecular formula is C16H23N3O4S2. The van der Waals surface area contributed by atoms with Crippen molar-refractivity contribution in [2.45, 2.75) is 42.3 Å². The molecule has 1 aliphatic carbocycles. The topological polar surface area (TPSA) is 87.7 Å². The molecule has 4 rings (SSSR count). The van der Waals surface area contributed by atoms with E-state index < -0.39 is 10.0 Å². The second-order valence-corrected chi connectivity index (χ2v) is 9.72. The molecule has 3 aliphatic rings. The van der Waals surface area contributed by atoms with Crippen LogP contribution in [-0.4, -0.2) is 64.2 Å². The third-order valence-electron chi connectivity index (χ3n) is 5.25. The van der Waals surface area contributed by atoms with Crippen LogP contribution >= 0.6 is 11.3 Å². The first-order valence-electron chi connectivity index (χ1n) is 8.65. The van der Waals surface area contributed by atoms with Crippen LogP contribution in [0.4, 0.5) is 0 Å². The maximum Gasteiger partial charge on any atom is 0.261 e. The largest absolute Gasteiger partial charge is 0.375 e. The number of amides is 1. The molecule has 2 N–H and O–H groups in total. The molecule has 2 aliphatic heterocycles. The molecule has 1 amide bonds. The Labute approximate surface area is 151 Å². The molecule has 9 heteroatoms. The summed E-state index contributed by atoms with van der Waals surface area (Å²) in [5.41, 5.74) is 0. The van der Waals surface area contributed by atoms with E-state index in [0.717, 1.165) is 30.8 Å². The van der Waals surface area contributed by atoms with Gasteiger partial charge in [0, 0.05) is 37.6 Å². The smallest absolute Gasteiger partial charge is 0.261 e. The number of carbonyl (C=O) groups is 1. The van der Waals surface area contributed by atoms with Crippen molar-refractivity contribution < 1.29 is 17.9 Å². The quantitative estimate of drug-likeness (QED) is 0.777. The molecule has 138 valence electrons. The molecule has 0 aromatic carbocycles. The van der Waals surface area contributed by atoms with Gasteiger partial charge in [-0.05, 0) is 31.2 Å². The van der Waals surface area contributed by atoms with Crippen LogP contribution in [0.2, 0.25) is 0 Å². The third kappa shape index (κ3) is 3.61. The predicted octanol–water partition coefficient (Wildman–Crippen LogP) is 0.638. The number of rotatable bonds is 5. The second kappa shape index (κ2) is 6.62. The number of hydrogen-bond acceptors (Lipinski definition) is 6.